The summed E-state index contributed by atoms with van der Waals surface area (Å²) in [4.78, 5) is 2.23. The first kappa shape index (κ1) is 16.8. The van der Waals surface area contributed by atoms with Gasteiger partial charge in [-0.1, -0.05) is 0 Å². The van der Waals surface area contributed by atoms with Crippen LogP contribution in [0, 0.1) is 0 Å². The highest BCUT2D eigenvalue weighted by molar-refractivity contribution is 7.91. The molecule has 2 N–H and O–H groups in total. The zero-order chi connectivity index (χ0) is 14.4. The Hall–Kier alpha value is -0.210. The molecule has 0 aromatic heterocycles. The molecule has 0 radical (unpaired) electrons. The van der Waals surface area contributed by atoms with Crippen molar-refractivity contribution in [2.75, 3.05) is 58.6 Å². The third kappa shape index (κ3) is 4.68. The SMILES string of the molecule is COCCN(CCOC)C1(CN)CCS(=O)(=O)CC1. The van der Waals surface area contributed by atoms with Crippen LogP contribution in [-0.4, -0.2) is 77.4 Å². The second kappa shape index (κ2) is 7.54. The number of hydrogen-bond acceptors (Lipinski definition) is 6. The molecule has 1 saturated heterocycles. The van der Waals surface area contributed by atoms with Crippen molar-refractivity contribution in [1.82, 2.24) is 4.90 Å². The van der Waals surface area contributed by atoms with Crippen LogP contribution in [0.1, 0.15) is 12.8 Å². The largest absolute Gasteiger partial charge is 0.383 e. The van der Waals surface area contributed by atoms with E-state index >= 15 is 0 Å². The maximum absolute atomic E-state index is 11.6. The first-order valence-corrected chi connectivity index (χ1v) is 8.45. The van der Waals surface area contributed by atoms with Gasteiger partial charge in [0, 0.05) is 39.4 Å². The molecule has 1 fully saturated rings. The van der Waals surface area contributed by atoms with Crippen LogP contribution in [-0.2, 0) is 19.3 Å². The second-order valence-corrected chi connectivity index (χ2v) is 7.36. The summed E-state index contributed by atoms with van der Waals surface area (Å²) in [6, 6.07) is 0. The average molecular weight is 294 g/mol. The molecule has 0 atom stereocenters. The molecule has 1 aliphatic rings. The minimum Gasteiger partial charge on any atom is -0.383 e. The summed E-state index contributed by atoms with van der Waals surface area (Å²) in [5.41, 5.74) is 5.72. The fourth-order valence-electron chi connectivity index (χ4n) is 2.56. The van der Waals surface area contributed by atoms with Crippen molar-refractivity contribution in [3.63, 3.8) is 0 Å². The molecule has 0 saturated carbocycles. The summed E-state index contributed by atoms with van der Waals surface area (Å²) in [7, 11) is 0.440. The van der Waals surface area contributed by atoms with Crippen molar-refractivity contribution in [3.8, 4) is 0 Å². The number of nitrogens with zero attached hydrogens (tertiary/aromatic N) is 1. The normalized spacial score (nSPS) is 21.7. The van der Waals surface area contributed by atoms with Crippen molar-refractivity contribution in [1.29, 1.82) is 0 Å². The van der Waals surface area contributed by atoms with Gasteiger partial charge in [-0.05, 0) is 12.8 Å². The van der Waals surface area contributed by atoms with Gasteiger partial charge in [-0.25, -0.2) is 8.42 Å². The Morgan fingerprint density at radius 1 is 1.11 bits per heavy atom. The molecule has 0 unspecified atom stereocenters. The fraction of sp³-hybridized carbons (Fsp3) is 1.00. The number of sulfone groups is 1. The molecule has 7 heteroatoms. The van der Waals surface area contributed by atoms with Gasteiger partial charge in [-0.3, -0.25) is 4.90 Å². The van der Waals surface area contributed by atoms with Gasteiger partial charge in [0.25, 0.3) is 0 Å². The summed E-state index contributed by atoms with van der Waals surface area (Å²) < 4.78 is 33.5. The van der Waals surface area contributed by atoms with Crippen LogP contribution in [0.4, 0.5) is 0 Å². The molecule has 19 heavy (non-hydrogen) atoms. The van der Waals surface area contributed by atoms with E-state index in [4.69, 9.17) is 15.2 Å². The van der Waals surface area contributed by atoms with Gasteiger partial charge < -0.3 is 15.2 Å². The number of rotatable bonds is 8. The van der Waals surface area contributed by atoms with Gasteiger partial charge in [-0.15, -0.1) is 0 Å². The minimum absolute atomic E-state index is 0.223. The predicted octanol–water partition coefficient (Wildman–Crippen LogP) is -0.513. The van der Waals surface area contributed by atoms with Crippen LogP contribution < -0.4 is 5.73 Å². The van der Waals surface area contributed by atoms with Crippen LogP contribution in [0.15, 0.2) is 0 Å². The average Bonchev–Trinajstić information content (AvgIpc) is 2.40. The third-order valence-corrected chi connectivity index (χ3v) is 5.59. The van der Waals surface area contributed by atoms with Crippen LogP contribution in [0.2, 0.25) is 0 Å². The molecular formula is C12H26N2O4S. The first-order valence-electron chi connectivity index (χ1n) is 6.63. The zero-order valence-electron chi connectivity index (χ0n) is 11.9. The van der Waals surface area contributed by atoms with E-state index in [1.165, 1.54) is 0 Å². The monoisotopic (exact) mass is 294 g/mol. The van der Waals surface area contributed by atoms with Crippen LogP contribution in [0.5, 0.6) is 0 Å². The van der Waals surface area contributed by atoms with E-state index in [2.05, 4.69) is 4.90 Å². The zero-order valence-corrected chi connectivity index (χ0v) is 12.7. The Morgan fingerprint density at radius 2 is 1.58 bits per heavy atom. The lowest BCUT2D eigenvalue weighted by atomic mass is 9.90. The molecule has 0 amide bonds. The summed E-state index contributed by atoms with van der Waals surface area (Å²) >= 11 is 0. The molecule has 0 aliphatic carbocycles. The van der Waals surface area contributed by atoms with E-state index in [0.717, 1.165) is 13.1 Å². The number of methoxy groups -OCH3 is 2. The number of hydrogen-bond donors (Lipinski definition) is 1. The molecule has 0 bridgehead atoms. The predicted molar refractivity (Wildman–Crippen MR) is 75.0 cm³/mol. The van der Waals surface area contributed by atoms with Crippen molar-refractivity contribution >= 4 is 9.84 Å². The molecule has 1 aliphatic heterocycles. The molecular weight excluding hydrogens is 268 g/mol. The van der Waals surface area contributed by atoms with Gasteiger partial charge in [0.05, 0.1) is 24.7 Å². The van der Waals surface area contributed by atoms with Gasteiger partial charge >= 0.3 is 0 Å². The van der Waals surface area contributed by atoms with E-state index in [-0.39, 0.29) is 17.0 Å². The summed E-state index contributed by atoms with van der Waals surface area (Å²) in [6.45, 7) is 3.18. The quantitative estimate of drug-likeness (QED) is 0.649. The van der Waals surface area contributed by atoms with E-state index < -0.39 is 9.84 Å². The van der Waals surface area contributed by atoms with E-state index in [0.29, 0.717) is 32.6 Å². The molecule has 1 heterocycles. The third-order valence-electron chi connectivity index (χ3n) is 3.94. The van der Waals surface area contributed by atoms with E-state index in [9.17, 15) is 8.42 Å². The summed E-state index contributed by atoms with van der Waals surface area (Å²) in [5, 5.41) is 0. The molecule has 6 nitrogen and oxygen atoms in total. The molecule has 1 rings (SSSR count). The van der Waals surface area contributed by atoms with E-state index in [1.807, 2.05) is 0 Å². The highest BCUT2D eigenvalue weighted by atomic mass is 32.2. The number of nitrogens with two attached hydrogens (primary N) is 1. The number of ether oxygens (including phenoxy) is 2. The first-order chi connectivity index (χ1) is 8.99. The standard InChI is InChI=1S/C12H26N2O4S/c1-17-7-5-14(6-8-18-2)12(11-13)3-9-19(15,16)10-4-12/h3-11,13H2,1-2H3. The lowest BCUT2D eigenvalue weighted by Gasteiger charge is -2.45. The summed E-state index contributed by atoms with van der Waals surface area (Å²) in [5.74, 6) is 0.446. The van der Waals surface area contributed by atoms with Gasteiger partial charge in [0.2, 0.25) is 0 Å². The summed E-state index contributed by atoms with van der Waals surface area (Å²) in [6.07, 6.45) is 1.19. The Bertz CT molecular complexity index is 337. The molecule has 0 spiro atoms. The Morgan fingerprint density at radius 3 is 1.95 bits per heavy atom. The Balaban J connectivity index is 2.76. The fourth-order valence-corrected chi connectivity index (χ4v) is 4.14. The van der Waals surface area contributed by atoms with Crippen molar-refractivity contribution in [2.24, 2.45) is 5.73 Å². The van der Waals surface area contributed by atoms with Gasteiger partial charge in [-0.2, -0.15) is 0 Å². The van der Waals surface area contributed by atoms with Crippen molar-refractivity contribution in [3.05, 3.63) is 0 Å². The highest BCUT2D eigenvalue weighted by Crippen LogP contribution is 2.29. The Kier molecular flexibility index (Phi) is 6.68. The minimum atomic E-state index is -2.88. The van der Waals surface area contributed by atoms with Crippen LogP contribution >= 0.6 is 0 Å². The van der Waals surface area contributed by atoms with Crippen LogP contribution in [0.25, 0.3) is 0 Å². The second-order valence-electron chi connectivity index (χ2n) is 5.05. The van der Waals surface area contributed by atoms with E-state index in [1.54, 1.807) is 14.2 Å². The molecule has 0 aromatic rings. The highest BCUT2D eigenvalue weighted by Gasteiger charge is 2.40. The van der Waals surface area contributed by atoms with Crippen molar-refractivity contribution in [2.45, 2.75) is 18.4 Å². The molecule has 114 valence electrons. The van der Waals surface area contributed by atoms with Crippen molar-refractivity contribution < 1.29 is 17.9 Å². The smallest absolute Gasteiger partial charge is 0.150 e. The Labute approximate surface area is 116 Å². The lowest BCUT2D eigenvalue weighted by Crippen LogP contribution is -2.59. The lowest BCUT2D eigenvalue weighted by molar-refractivity contribution is 0.0309. The van der Waals surface area contributed by atoms with Crippen LogP contribution in [0.3, 0.4) is 0 Å². The molecule has 0 aromatic carbocycles. The van der Waals surface area contributed by atoms with Gasteiger partial charge in [0.1, 0.15) is 9.84 Å². The maximum atomic E-state index is 11.6. The topological polar surface area (TPSA) is 81.9 Å². The maximum Gasteiger partial charge on any atom is 0.150 e. The van der Waals surface area contributed by atoms with Gasteiger partial charge in [0.15, 0.2) is 0 Å².